The van der Waals surface area contributed by atoms with Crippen molar-refractivity contribution in [2.45, 2.75) is 43.5 Å². The smallest absolute Gasteiger partial charge is 0.324 e. The van der Waals surface area contributed by atoms with E-state index in [1.54, 1.807) is 35.3 Å². The lowest BCUT2D eigenvalue weighted by Gasteiger charge is -2.45. The number of sulfonamides is 1. The van der Waals surface area contributed by atoms with Gasteiger partial charge in [0.05, 0.1) is 17.1 Å². The Morgan fingerprint density at radius 2 is 1.87 bits per heavy atom. The molecule has 3 N–H and O–H groups in total. The standard InChI is InChI=1S/C19H25N7O3S/c1-3-25-19(27)24(2)16-12-21-18(23-17(16)26(25)14-6-4-5-7-14)22-13-8-10-15(11-9-13)30(20,28)29/h8-12,14H,3-7H2,1-2H3,(H2,20,28,29)(H,21,22,23). The van der Waals surface area contributed by atoms with Crippen molar-refractivity contribution in [3.63, 3.8) is 0 Å². The summed E-state index contributed by atoms with van der Waals surface area (Å²) in [6.07, 6.45) is 5.91. The first-order valence-corrected chi connectivity index (χ1v) is 11.5. The van der Waals surface area contributed by atoms with Gasteiger partial charge in [-0.1, -0.05) is 12.8 Å². The first-order chi connectivity index (χ1) is 14.3. The number of fused-ring (bicyclic) bond motifs is 1. The highest BCUT2D eigenvalue weighted by molar-refractivity contribution is 7.89. The van der Waals surface area contributed by atoms with Gasteiger partial charge in [0.2, 0.25) is 16.0 Å². The van der Waals surface area contributed by atoms with Crippen LogP contribution in [-0.2, 0) is 10.0 Å². The fourth-order valence-corrected chi connectivity index (χ4v) is 4.49. The largest absolute Gasteiger partial charge is 0.343 e. The van der Waals surface area contributed by atoms with Crippen molar-refractivity contribution >= 4 is 39.2 Å². The van der Waals surface area contributed by atoms with Crippen molar-refractivity contribution in [2.24, 2.45) is 5.14 Å². The van der Waals surface area contributed by atoms with Crippen LogP contribution in [0.25, 0.3) is 0 Å². The molecule has 11 heteroatoms. The Morgan fingerprint density at radius 1 is 1.20 bits per heavy atom. The molecule has 2 aromatic rings. The van der Waals surface area contributed by atoms with E-state index < -0.39 is 10.0 Å². The Balaban J connectivity index is 1.68. The maximum absolute atomic E-state index is 12.9. The number of urea groups is 1. The second-order valence-corrected chi connectivity index (χ2v) is 9.00. The van der Waals surface area contributed by atoms with E-state index in [0.717, 1.165) is 25.7 Å². The Hall–Kier alpha value is -2.92. The fraction of sp³-hybridized carbons (Fsp3) is 0.421. The third-order valence-electron chi connectivity index (χ3n) is 5.51. The minimum Gasteiger partial charge on any atom is -0.324 e. The van der Waals surface area contributed by atoms with Crippen LogP contribution < -0.4 is 20.4 Å². The molecule has 0 atom stereocenters. The van der Waals surface area contributed by atoms with Gasteiger partial charge in [-0.3, -0.25) is 9.91 Å². The molecule has 0 bridgehead atoms. The van der Waals surface area contributed by atoms with E-state index in [9.17, 15) is 13.2 Å². The van der Waals surface area contributed by atoms with Crippen molar-refractivity contribution in [1.82, 2.24) is 15.0 Å². The van der Waals surface area contributed by atoms with Crippen LogP contribution in [-0.4, -0.2) is 49.1 Å². The van der Waals surface area contributed by atoms with E-state index in [1.165, 1.54) is 12.1 Å². The number of nitrogens with zero attached hydrogens (tertiary/aromatic N) is 5. The van der Waals surface area contributed by atoms with Crippen molar-refractivity contribution in [2.75, 3.05) is 28.8 Å². The summed E-state index contributed by atoms with van der Waals surface area (Å²) < 4.78 is 22.9. The number of hydrogen-bond donors (Lipinski definition) is 2. The van der Waals surface area contributed by atoms with E-state index in [-0.39, 0.29) is 17.0 Å². The SMILES string of the molecule is CCN1C(=O)N(C)c2cnc(Nc3ccc(S(N)(=O)=O)cc3)nc2N1C1CCCC1. The number of aromatic nitrogens is 2. The van der Waals surface area contributed by atoms with Crippen molar-refractivity contribution in [3.05, 3.63) is 30.5 Å². The monoisotopic (exact) mass is 431 g/mol. The molecule has 2 amide bonds. The van der Waals surface area contributed by atoms with Gasteiger partial charge in [-0.15, -0.1) is 0 Å². The molecular weight excluding hydrogens is 406 g/mol. The molecule has 2 heterocycles. The molecule has 10 nitrogen and oxygen atoms in total. The molecular formula is C19H25N7O3S. The molecule has 1 fully saturated rings. The van der Waals surface area contributed by atoms with Gasteiger partial charge in [0.1, 0.15) is 5.69 Å². The Morgan fingerprint density at radius 3 is 2.47 bits per heavy atom. The summed E-state index contributed by atoms with van der Waals surface area (Å²) in [6, 6.07) is 6.17. The highest BCUT2D eigenvalue weighted by Crippen LogP contribution is 2.38. The molecule has 1 aromatic heterocycles. The first-order valence-electron chi connectivity index (χ1n) is 9.91. The van der Waals surface area contributed by atoms with Crippen LogP contribution in [0.1, 0.15) is 32.6 Å². The number of nitrogens with two attached hydrogens (primary N) is 1. The molecule has 0 saturated heterocycles. The van der Waals surface area contributed by atoms with Crippen LogP contribution >= 0.6 is 0 Å². The number of carbonyl (C=O) groups is 1. The number of primary sulfonamides is 1. The molecule has 1 aliphatic heterocycles. The van der Waals surface area contributed by atoms with E-state index >= 15 is 0 Å². The molecule has 30 heavy (non-hydrogen) atoms. The van der Waals surface area contributed by atoms with Gasteiger partial charge in [-0.25, -0.2) is 28.3 Å². The van der Waals surface area contributed by atoms with Gasteiger partial charge in [0.15, 0.2) is 5.82 Å². The van der Waals surface area contributed by atoms with Crippen LogP contribution in [0.3, 0.4) is 0 Å². The summed E-state index contributed by atoms with van der Waals surface area (Å²) in [7, 11) is -2.03. The van der Waals surface area contributed by atoms with Gasteiger partial charge in [-0.2, -0.15) is 4.98 Å². The van der Waals surface area contributed by atoms with Gasteiger partial charge in [0, 0.05) is 19.3 Å². The highest BCUT2D eigenvalue weighted by Gasteiger charge is 2.39. The lowest BCUT2D eigenvalue weighted by atomic mass is 10.2. The van der Waals surface area contributed by atoms with Crippen molar-refractivity contribution in [1.29, 1.82) is 0 Å². The van der Waals surface area contributed by atoms with E-state index in [0.29, 0.717) is 29.7 Å². The summed E-state index contributed by atoms with van der Waals surface area (Å²) in [5.41, 5.74) is 1.29. The van der Waals surface area contributed by atoms with E-state index in [2.05, 4.69) is 10.3 Å². The van der Waals surface area contributed by atoms with Crippen molar-refractivity contribution < 1.29 is 13.2 Å². The van der Waals surface area contributed by atoms with E-state index in [1.807, 2.05) is 11.9 Å². The average Bonchev–Trinajstić information content (AvgIpc) is 3.24. The predicted octanol–water partition coefficient (Wildman–Crippen LogP) is 2.42. The minimum atomic E-state index is -3.75. The second-order valence-electron chi connectivity index (χ2n) is 7.44. The van der Waals surface area contributed by atoms with Crippen LogP contribution in [0.2, 0.25) is 0 Å². The highest BCUT2D eigenvalue weighted by atomic mass is 32.2. The van der Waals surface area contributed by atoms with Crippen molar-refractivity contribution in [3.8, 4) is 0 Å². The molecule has 0 unspecified atom stereocenters. The Kier molecular flexibility index (Phi) is 5.24. The number of carbonyl (C=O) groups excluding carboxylic acids is 1. The molecule has 1 aromatic carbocycles. The summed E-state index contributed by atoms with van der Waals surface area (Å²) in [5.74, 6) is 1.04. The number of rotatable bonds is 5. The quantitative estimate of drug-likeness (QED) is 0.745. The average molecular weight is 432 g/mol. The predicted molar refractivity (Wildman–Crippen MR) is 114 cm³/mol. The topological polar surface area (TPSA) is 125 Å². The van der Waals surface area contributed by atoms with Gasteiger partial charge >= 0.3 is 6.03 Å². The lowest BCUT2D eigenvalue weighted by Crippen LogP contribution is -2.59. The zero-order valence-electron chi connectivity index (χ0n) is 16.9. The summed E-state index contributed by atoms with van der Waals surface area (Å²) >= 11 is 0. The molecule has 1 saturated carbocycles. The molecule has 4 rings (SSSR count). The van der Waals surface area contributed by atoms with Gasteiger partial charge in [0.25, 0.3) is 0 Å². The number of hydrazine groups is 1. The zero-order chi connectivity index (χ0) is 21.5. The fourth-order valence-electron chi connectivity index (χ4n) is 3.98. The number of benzene rings is 1. The minimum absolute atomic E-state index is 0.0329. The lowest BCUT2D eigenvalue weighted by molar-refractivity contribution is 0.191. The van der Waals surface area contributed by atoms with Crippen LogP contribution in [0.15, 0.2) is 35.4 Å². The molecule has 160 valence electrons. The van der Waals surface area contributed by atoms with Crippen LogP contribution in [0.5, 0.6) is 0 Å². The normalized spacial score (nSPS) is 17.4. The van der Waals surface area contributed by atoms with Crippen LogP contribution in [0.4, 0.5) is 27.9 Å². The summed E-state index contributed by atoms with van der Waals surface area (Å²) in [4.78, 5) is 23.5. The van der Waals surface area contributed by atoms with Crippen LogP contribution in [0, 0.1) is 0 Å². The number of amides is 2. The number of hydrogen-bond acceptors (Lipinski definition) is 7. The third-order valence-corrected chi connectivity index (χ3v) is 6.43. The van der Waals surface area contributed by atoms with Gasteiger partial charge < -0.3 is 5.32 Å². The summed E-state index contributed by atoms with van der Waals surface area (Å²) in [6.45, 7) is 2.49. The molecule has 0 radical (unpaired) electrons. The maximum atomic E-state index is 12.9. The Bertz CT molecular complexity index is 1050. The molecule has 2 aliphatic rings. The zero-order valence-corrected chi connectivity index (χ0v) is 17.8. The second kappa shape index (κ2) is 7.73. The number of anilines is 4. The number of nitrogens with one attached hydrogen (secondary N) is 1. The first kappa shape index (κ1) is 20.4. The van der Waals surface area contributed by atoms with Gasteiger partial charge in [-0.05, 0) is 44.0 Å². The Labute approximate surface area is 175 Å². The maximum Gasteiger partial charge on any atom is 0.343 e. The molecule has 0 spiro atoms. The molecule has 1 aliphatic carbocycles. The summed E-state index contributed by atoms with van der Waals surface area (Å²) in [5, 5.41) is 12.0. The third kappa shape index (κ3) is 3.65. The van der Waals surface area contributed by atoms with E-state index in [4.69, 9.17) is 10.1 Å².